The maximum absolute atomic E-state index is 12.2. The van der Waals surface area contributed by atoms with Crippen molar-refractivity contribution in [3.63, 3.8) is 0 Å². The van der Waals surface area contributed by atoms with Crippen LogP contribution in [0.3, 0.4) is 0 Å². The number of amides is 1. The lowest BCUT2D eigenvalue weighted by molar-refractivity contribution is 0.215. The number of para-hydroxylation sites is 1. The number of pyridine rings is 1. The number of fused-ring (bicyclic) bond motifs is 1. The molecule has 3 aromatic carbocycles. The molecule has 4 rings (SSSR count). The summed E-state index contributed by atoms with van der Waals surface area (Å²) in [5.41, 5.74) is 2.35. The number of rotatable bonds is 5. The average Bonchev–Trinajstić information content (AvgIpc) is 2.74. The first-order valence-electron chi connectivity index (χ1n) is 8.87. The fourth-order valence-electron chi connectivity index (χ4n) is 2.78. The number of hydrogen-bond donors (Lipinski definition) is 1. The quantitative estimate of drug-likeness (QED) is 0.509. The number of ether oxygens (including phenoxy) is 2. The fourth-order valence-corrected chi connectivity index (χ4v) is 2.78. The van der Waals surface area contributed by atoms with Crippen molar-refractivity contribution in [2.45, 2.75) is 6.61 Å². The van der Waals surface area contributed by atoms with Gasteiger partial charge in [0.15, 0.2) is 5.75 Å². The number of anilines is 1. The highest BCUT2D eigenvalue weighted by atomic mass is 16.6. The van der Waals surface area contributed by atoms with Gasteiger partial charge in [0, 0.05) is 17.3 Å². The summed E-state index contributed by atoms with van der Waals surface area (Å²) in [6.45, 7) is 0.490. The molecule has 0 aliphatic carbocycles. The summed E-state index contributed by atoms with van der Waals surface area (Å²) in [7, 11) is 0. The molecule has 0 fully saturated rings. The first kappa shape index (κ1) is 17.5. The zero-order valence-electron chi connectivity index (χ0n) is 15.0. The van der Waals surface area contributed by atoms with Crippen LogP contribution < -0.4 is 14.8 Å². The molecule has 0 spiro atoms. The molecule has 1 heterocycles. The molecule has 1 N–H and O–H groups in total. The summed E-state index contributed by atoms with van der Waals surface area (Å²) < 4.78 is 11.2. The fraction of sp³-hybridized carbons (Fsp3) is 0.0435. The standard InChI is InChI=1S/C23H18N2O3/c26-23(28-21-10-4-8-18-9-5-15-24-22(18)21)25-19-11-13-20(14-12-19)27-16-17-6-2-1-3-7-17/h1-15H,16H2,(H,25,26). The predicted molar refractivity (Wildman–Crippen MR) is 109 cm³/mol. The maximum atomic E-state index is 12.2. The van der Waals surface area contributed by atoms with Crippen molar-refractivity contribution in [1.82, 2.24) is 4.98 Å². The summed E-state index contributed by atoms with van der Waals surface area (Å²) in [4.78, 5) is 16.5. The van der Waals surface area contributed by atoms with E-state index in [1.165, 1.54) is 0 Å². The van der Waals surface area contributed by atoms with E-state index in [1.54, 1.807) is 36.5 Å². The van der Waals surface area contributed by atoms with Crippen LogP contribution in [0, 0.1) is 0 Å². The van der Waals surface area contributed by atoms with Crippen LogP contribution in [0.25, 0.3) is 10.9 Å². The molecule has 28 heavy (non-hydrogen) atoms. The van der Waals surface area contributed by atoms with Crippen LogP contribution in [0.1, 0.15) is 5.56 Å². The van der Waals surface area contributed by atoms with Crippen molar-refractivity contribution in [2.75, 3.05) is 5.32 Å². The Morgan fingerprint density at radius 2 is 1.64 bits per heavy atom. The second-order valence-corrected chi connectivity index (χ2v) is 6.14. The molecule has 0 unspecified atom stereocenters. The van der Waals surface area contributed by atoms with Gasteiger partial charge in [-0.2, -0.15) is 0 Å². The average molecular weight is 370 g/mol. The third kappa shape index (κ3) is 4.27. The number of nitrogens with one attached hydrogen (secondary N) is 1. The minimum Gasteiger partial charge on any atom is -0.489 e. The third-order valence-electron chi connectivity index (χ3n) is 4.15. The first-order valence-corrected chi connectivity index (χ1v) is 8.87. The first-order chi connectivity index (χ1) is 13.8. The van der Waals surface area contributed by atoms with Crippen molar-refractivity contribution >= 4 is 22.7 Å². The molecule has 5 heteroatoms. The van der Waals surface area contributed by atoms with E-state index in [0.29, 0.717) is 23.6 Å². The molecule has 0 aliphatic heterocycles. The lowest BCUT2D eigenvalue weighted by atomic mass is 10.2. The van der Waals surface area contributed by atoms with E-state index in [4.69, 9.17) is 9.47 Å². The molecule has 0 saturated heterocycles. The Hall–Kier alpha value is -3.86. The van der Waals surface area contributed by atoms with Gasteiger partial charge in [-0.3, -0.25) is 10.3 Å². The summed E-state index contributed by atoms with van der Waals surface area (Å²) in [6, 6.07) is 26.3. The van der Waals surface area contributed by atoms with E-state index in [-0.39, 0.29) is 0 Å². The zero-order valence-corrected chi connectivity index (χ0v) is 15.0. The van der Waals surface area contributed by atoms with Gasteiger partial charge in [-0.1, -0.05) is 48.5 Å². The minimum absolute atomic E-state index is 0.415. The van der Waals surface area contributed by atoms with Gasteiger partial charge in [-0.05, 0) is 42.0 Å². The SMILES string of the molecule is O=C(Nc1ccc(OCc2ccccc2)cc1)Oc1cccc2cccnc12. The van der Waals surface area contributed by atoms with Gasteiger partial charge in [0.25, 0.3) is 0 Å². The number of carbonyl (C=O) groups is 1. The van der Waals surface area contributed by atoms with Crippen molar-refractivity contribution < 1.29 is 14.3 Å². The molecular formula is C23H18N2O3. The van der Waals surface area contributed by atoms with Gasteiger partial charge >= 0.3 is 6.09 Å². The summed E-state index contributed by atoms with van der Waals surface area (Å²) in [5.74, 6) is 1.14. The molecule has 1 aromatic heterocycles. The number of aromatic nitrogens is 1. The minimum atomic E-state index is -0.573. The van der Waals surface area contributed by atoms with E-state index in [1.807, 2.05) is 54.6 Å². The second kappa shape index (κ2) is 8.22. The Morgan fingerprint density at radius 1 is 0.857 bits per heavy atom. The Morgan fingerprint density at radius 3 is 2.46 bits per heavy atom. The molecular weight excluding hydrogens is 352 g/mol. The predicted octanol–water partition coefficient (Wildman–Crippen LogP) is 5.42. The van der Waals surface area contributed by atoms with Gasteiger partial charge in [0.2, 0.25) is 0 Å². The van der Waals surface area contributed by atoms with E-state index in [0.717, 1.165) is 16.7 Å². The van der Waals surface area contributed by atoms with Gasteiger partial charge in [-0.25, -0.2) is 4.79 Å². The van der Waals surface area contributed by atoms with Crippen LogP contribution in [0.4, 0.5) is 10.5 Å². The number of hydrogen-bond acceptors (Lipinski definition) is 4. The van der Waals surface area contributed by atoms with Crippen LogP contribution in [0.5, 0.6) is 11.5 Å². The molecule has 5 nitrogen and oxygen atoms in total. The molecule has 0 bridgehead atoms. The molecule has 0 aliphatic rings. The molecule has 1 amide bonds. The van der Waals surface area contributed by atoms with Gasteiger partial charge in [0.1, 0.15) is 17.9 Å². The molecule has 0 radical (unpaired) electrons. The third-order valence-corrected chi connectivity index (χ3v) is 4.15. The van der Waals surface area contributed by atoms with E-state index >= 15 is 0 Å². The Bertz CT molecular complexity index is 1070. The van der Waals surface area contributed by atoms with E-state index < -0.39 is 6.09 Å². The van der Waals surface area contributed by atoms with Crippen molar-refractivity contribution in [3.05, 3.63) is 96.7 Å². The van der Waals surface area contributed by atoms with Gasteiger partial charge in [0.05, 0.1) is 0 Å². The highest BCUT2D eigenvalue weighted by molar-refractivity contribution is 5.91. The summed E-state index contributed by atoms with van der Waals surface area (Å²) >= 11 is 0. The highest BCUT2D eigenvalue weighted by Crippen LogP contribution is 2.24. The van der Waals surface area contributed by atoms with Gasteiger partial charge in [-0.15, -0.1) is 0 Å². The number of benzene rings is 3. The van der Waals surface area contributed by atoms with Crippen LogP contribution in [0.15, 0.2) is 91.1 Å². The van der Waals surface area contributed by atoms with E-state index in [2.05, 4.69) is 10.3 Å². The van der Waals surface area contributed by atoms with Crippen molar-refractivity contribution in [2.24, 2.45) is 0 Å². The van der Waals surface area contributed by atoms with Gasteiger partial charge < -0.3 is 9.47 Å². The smallest absolute Gasteiger partial charge is 0.417 e. The van der Waals surface area contributed by atoms with Crippen molar-refractivity contribution in [1.29, 1.82) is 0 Å². The van der Waals surface area contributed by atoms with Crippen molar-refractivity contribution in [3.8, 4) is 11.5 Å². The van der Waals surface area contributed by atoms with Crippen LogP contribution >= 0.6 is 0 Å². The number of carbonyl (C=O) groups excluding carboxylic acids is 1. The monoisotopic (exact) mass is 370 g/mol. The van der Waals surface area contributed by atoms with Crippen LogP contribution in [-0.2, 0) is 6.61 Å². The maximum Gasteiger partial charge on any atom is 0.417 e. The van der Waals surface area contributed by atoms with E-state index in [9.17, 15) is 4.79 Å². The Labute approximate surface area is 162 Å². The second-order valence-electron chi connectivity index (χ2n) is 6.14. The summed E-state index contributed by atoms with van der Waals surface area (Å²) in [5, 5.41) is 3.62. The molecule has 138 valence electrons. The molecule has 0 saturated carbocycles. The zero-order chi connectivity index (χ0) is 19.2. The topological polar surface area (TPSA) is 60.5 Å². The molecule has 4 aromatic rings. The highest BCUT2D eigenvalue weighted by Gasteiger charge is 2.09. The normalized spacial score (nSPS) is 10.4. The van der Waals surface area contributed by atoms with Crippen LogP contribution in [0.2, 0.25) is 0 Å². The molecule has 0 atom stereocenters. The Kier molecular flexibility index (Phi) is 5.15. The van der Waals surface area contributed by atoms with Crippen LogP contribution in [-0.4, -0.2) is 11.1 Å². The lowest BCUT2D eigenvalue weighted by Gasteiger charge is -2.10. The lowest BCUT2D eigenvalue weighted by Crippen LogP contribution is -2.16. The Balaban J connectivity index is 1.36. The number of nitrogens with zero attached hydrogens (tertiary/aromatic N) is 1. The summed E-state index contributed by atoms with van der Waals surface area (Å²) in [6.07, 6.45) is 1.09. The largest absolute Gasteiger partial charge is 0.489 e.